The molecule has 0 heterocycles. The Kier molecular flexibility index (Phi) is 4.83. The van der Waals surface area contributed by atoms with Crippen molar-refractivity contribution in [3.63, 3.8) is 0 Å². The molecule has 0 bridgehead atoms. The zero-order valence-corrected chi connectivity index (χ0v) is 12.2. The van der Waals surface area contributed by atoms with Crippen LogP contribution in [-0.4, -0.2) is 17.0 Å². The van der Waals surface area contributed by atoms with Gasteiger partial charge >= 0.3 is 5.97 Å². The van der Waals surface area contributed by atoms with E-state index in [1.54, 1.807) is 30.3 Å². The Balaban J connectivity index is 2.23. The highest BCUT2D eigenvalue weighted by atomic mass is 35.5. The maximum atomic E-state index is 12.1. The first-order chi connectivity index (χ1) is 9.99. The van der Waals surface area contributed by atoms with Crippen molar-refractivity contribution in [2.75, 3.05) is 0 Å². The molecule has 0 unspecified atom stereocenters. The molecular formula is C15H11Cl2NO3. The average Bonchev–Trinajstić information content (AvgIpc) is 2.48. The highest BCUT2D eigenvalue weighted by molar-refractivity contribution is 6.42. The van der Waals surface area contributed by atoms with Crippen molar-refractivity contribution in [1.82, 2.24) is 5.32 Å². The number of rotatable bonds is 4. The Morgan fingerprint density at radius 1 is 1.00 bits per heavy atom. The molecule has 0 aliphatic carbocycles. The summed E-state index contributed by atoms with van der Waals surface area (Å²) < 4.78 is 0. The zero-order valence-electron chi connectivity index (χ0n) is 10.7. The summed E-state index contributed by atoms with van der Waals surface area (Å²) >= 11 is 11.6. The summed E-state index contributed by atoms with van der Waals surface area (Å²) in [7, 11) is 0. The quantitative estimate of drug-likeness (QED) is 0.904. The van der Waals surface area contributed by atoms with Crippen LogP contribution in [-0.2, 0) is 4.79 Å². The average molecular weight is 324 g/mol. The molecule has 0 saturated carbocycles. The number of nitrogens with one attached hydrogen (secondary N) is 1. The lowest BCUT2D eigenvalue weighted by molar-refractivity contribution is -0.139. The first kappa shape index (κ1) is 15.4. The summed E-state index contributed by atoms with van der Waals surface area (Å²) in [5.74, 6) is -1.68. The van der Waals surface area contributed by atoms with Crippen LogP contribution in [0.15, 0.2) is 48.5 Å². The van der Waals surface area contributed by atoms with Crippen LogP contribution in [0, 0.1) is 0 Å². The van der Waals surface area contributed by atoms with Crippen molar-refractivity contribution in [2.24, 2.45) is 0 Å². The van der Waals surface area contributed by atoms with E-state index < -0.39 is 17.9 Å². The topological polar surface area (TPSA) is 66.4 Å². The van der Waals surface area contributed by atoms with Gasteiger partial charge in [0, 0.05) is 5.56 Å². The molecule has 0 aliphatic rings. The van der Waals surface area contributed by atoms with Crippen LogP contribution in [0.25, 0.3) is 0 Å². The zero-order chi connectivity index (χ0) is 15.4. The van der Waals surface area contributed by atoms with E-state index in [1.807, 2.05) is 0 Å². The van der Waals surface area contributed by atoms with Crippen molar-refractivity contribution in [1.29, 1.82) is 0 Å². The number of carboxylic acids is 1. The maximum Gasteiger partial charge on any atom is 0.330 e. The van der Waals surface area contributed by atoms with Crippen molar-refractivity contribution >= 4 is 35.1 Å². The standard InChI is InChI=1S/C15H11Cl2NO3/c16-11-7-6-10(8-12(11)17)14(19)18-13(15(20)21)9-4-2-1-3-5-9/h1-8,13H,(H,18,19)(H,20,21)/t13-/m0/s1. The number of hydrogen-bond acceptors (Lipinski definition) is 2. The van der Waals surface area contributed by atoms with E-state index in [9.17, 15) is 14.7 Å². The second kappa shape index (κ2) is 6.61. The summed E-state index contributed by atoms with van der Waals surface area (Å²) in [6.45, 7) is 0. The third-order valence-corrected chi connectivity index (χ3v) is 3.58. The lowest BCUT2D eigenvalue weighted by Crippen LogP contribution is -2.33. The van der Waals surface area contributed by atoms with Gasteiger partial charge in [-0.3, -0.25) is 4.79 Å². The summed E-state index contributed by atoms with van der Waals surface area (Å²) in [5.41, 5.74) is 0.727. The number of benzene rings is 2. The SMILES string of the molecule is O=C(N[C@H](C(=O)O)c1ccccc1)c1ccc(Cl)c(Cl)c1. The highest BCUT2D eigenvalue weighted by Gasteiger charge is 2.22. The number of carbonyl (C=O) groups is 2. The number of halogens is 2. The summed E-state index contributed by atoms with van der Waals surface area (Å²) in [6.07, 6.45) is 0. The summed E-state index contributed by atoms with van der Waals surface area (Å²) in [4.78, 5) is 23.4. The molecule has 0 fully saturated rings. The Labute approximate surface area is 131 Å². The molecule has 2 N–H and O–H groups in total. The fraction of sp³-hybridized carbons (Fsp3) is 0.0667. The molecule has 2 rings (SSSR count). The van der Waals surface area contributed by atoms with E-state index in [0.29, 0.717) is 10.6 Å². The van der Waals surface area contributed by atoms with Crippen molar-refractivity contribution in [3.8, 4) is 0 Å². The van der Waals surface area contributed by atoms with Gasteiger partial charge in [-0.25, -0.2) is 4.79 Å². The smallest absolute Gasteiger partial charge is 0.330 e. The molecule has 0 saturated heterocycles. The highest BCUT2D eigenvalue weighted by Crippen LogP contribution is 2.23. The van der Waals surface area contributed by atoms with Gasteiger partial charge in [0.25, 0.3) is 5.91 Å². The Morgan fingerprint density at radius 3 is 2.24 bits per heavy atom. The molecule has 2 aromatic rings. The van der Waals surface area contributed by atoms with Gasteiger partial charge in [-0.2, -0.15) is 0 Å². The predicted molar refractivity (Wildman–Crippen MR) is 80.7 cm³/mol. The molecule has 4 nitrogen and oxygen atoms in total. The lowest BCUT2D eigenvalue weighted by Gasteiger charge is -2.15. The van der Waals surface area contributed by atoms with Crippen LogP contribution in [0.3, 0.4) is 0 Å². The van der Waals surface area contributed by atoms with E-state index in [4.69, 9.17) is 23.2 Å². The normalized spacial score (nSPS) is 11.7. The first-order valence-electron chi connectivity index (χ1n) is 6.02. The first-order valence-corrected chi connectivity index (χ1v) is 6.78. The monoisotopic (exact) mass is 323 g/mol. The van der Waals surface area contributed by atoms with Crippen molar-refractivity contribution < 1.29 is 14.7 Å². The van der Waals surface area contributed by atoms with Crippen molar-refractivity contribution in [3.05, 3.63) is 69.7 Å². The van der Waals surface area contributed by atoms with Gasteiger partial charge in [-0.15, -0.1) is 0 Å². The number of hydrogen-bond donors (Lipinski definition) is 2. The van der Waals surface area contributed by atoms with E-state index in [1.165, 1.54) is 18.2 Å². The van der Waals surface area contributed by atoms with Gasteiger partial charge in [0.2, 0.25) is 0 Å². The molecule has 6 heteroatoms. The van der Waals surface area contributed by atoms with Crippen LogP contribution < -0.4 is 5.32 Å². The second-order valence-corrected chi connectivity index (χ2v) is 5.10. The van der Waals surface area contributed by atoms with E-state index in [2.05, 4.69) is 5.32 Å². The molecule has 108 valence electrons. The minimum atomic E-state index is -1.14. The molecule has 0 radical (unpaired) electrons. The molecule has 21 heavy (non-hydrogen) atoms. The number of carbonyl (C=O) groups excluding carboxylic acids is 1. The molecule has 2 aromatic carbocycles. The molecular weight excluding hydrogens is 313 g/mol. The predicted octanol–water partition coefficient (Wildman–Crippen LogP) is 3.55. The minimum absolute atomic E-state index is 0.232. The van der Waals surface area contributed by atoms with Crippen LogP contribution in [0.5, 0.6) is 0 Å². The third-order valence-electron chi connectivity index (χ3n) is 2.84. The number of aliphatic carboxylic acids is 1. The second-order valence-electron chi connectivity index (χ2n) is 4.28. The number of carboxylic acid groups (broad SMARTS) is 1. The van der Waals surface area contributed by atoms with Gasteiger partial charge in [0.15, 0.2) is 6.04 Å². The fourth-order valence-corrected chi connectivity index (χ4v) is 2.08. The van der Waals surface area contributed by atoms with Crippen LogP contribution in [0.4, 0.5) is 0 Å². The molecule has 0 aliphatic heterocycles. The van der Waals surface area contributed by atoms with E-state index in [0.717, 1.165) is 0 Å². The largest absolute Gasteiger partial charge is 0.479 e. The van der Waals surface area contributed by atoms with Crippen LogP contribution in [0.2, 0.25) is 10.0 Å². The Hall–Kier alpha value is -2.04. The van der Waals surface area contributed by atoms with Gasteiger partial charge in [0.1, 0.15) is 0 Å². The van der Waals surface area contributed by atoms with Gasteiger partial charge < -0.3 is 10.4 Å². The van der Waals surface area contributed by atoms with Crippen LogP contribution >= 0.6 is 23.2 Å². The number of amides is 1. The van der Waals surface area contributed by atoms with E-state index >= 15 is 0 Å². The van der Waals surface area contributed by atoms with Crippen molar-refractivity contribution in [2.45, 2.75) is 6.04 Å². The van der Waals surface area contributed by atoms with Gasteiger partial charge in [-0.1, -0.05) is 53.5 Å². The fourth-order valence-electron chi connectivity index (χ4n) is 1.78. The van der Waals surface area contributed by atoms with Gasteiger partial charge in [0.05, 0.1) is 10.0 Å². The van der Waals surface area contributed by atoms with Gasteiger partial charge in [-0.05, 0) is 23.8 Å². The molecule has 0 spiro atoms. The minimum Gasteiger partial charge on any atom is -0.479 e. The Bertz CT molecular complexity index is 674. The van der Waals surface area contributed by atoms with Crippen LogP contribution in [0.1, 0.15) is 22.0 Å². The molecule has 0 aromatic heterocycles. The van der Waals surface area contributed by atoms with E-state index in [-0.39, 0.29) is 10.6 Å². The lowest BCUT2D eigenvalue weighted by atomic mass is 10.1. The Morgan fingerprint density at radius 2 is 1.67 bits per heavy atom. The molecule has 1 amide bonds. The summed E-state index contributed by atoms with van der Waals surface area (Å²) in [6, 6.07) is 11.7. The molecule has 1 atom stereocenters. The third kappa shape index (κ3) is 3.74. The summed E-state index contributed by atoms with van der Waals surface area (Å²) in [5, 5.41) is 12.3. The maximum absolute atomic E-state index is 12.1.